The summed E-state index contributed by atoms with van der Waals surface area (Å²) in [7, 11) is 0. The SMILES string of the molecule is O=C1CC(CO)CN1c1cc(Br)c(F)cc1F. The zero-order valence-electron chi connectivity index (χ0n) is 8.79. The topological polar surface area (TPSA) is 40.5 Å². The second-order valence-corrected chi connectivity index (χ2v) is 4.83. The minimum atomic E-state index is -0.780. The van der Waals surface area contributed by atoms with Gasteiger partial charge in [-0.1, -0.05) is 0 Å². The van der Waals surface area contributed by atoms with Crippen molar-refractivity contribution >= 4 is 27.5 Å². The number of amides is 1. The van der Waals surface area contributed by atoms with Crippen molar-refractivity contribution in [2.45, 2.75) is 6.42 Å². The quantitative estimate of drug-likeness (QED) is 0.850. The van der Waals surface area contributed by atoms with Crippen molar-refractivity contribution in [3.8, 4) is 0 Å². The smallest absolute Gasteiger partial charge is 0.227 e. The Morgan fingerprint density at radius 3 is 2.71 bits per heavy atom. The summed E-state index contributed by atoms with van der Waals surface area (Å²) in [6.45, 7) is 0.135. The molecule has 1 aliphatic heterocycles. The predicted molar refractivity (Wildman–Crippen MR) is 61.6 cm³/mol. The lowest BCUT2D eigenvalue weighted by Crippen LogP contribution is -2.26. The average Bonchev–Trinajstić information content (AvgIpc) is 2.65. The summed E-state index contributed by atoms with van der Waals surface area (Å²) >= 11 is 2.95. The Morgan fingerprint density at radius 2 is 2.12 bits per heavy atom. The molecule has 6 heteroatoms. The molecule has 2 rings (SSSR count). The molecule has 0 bridgehead atoms. The van der Waals surface area contributed by atoms with Gasteiger partial charge in [0.15, 0.2) is 0 Å². The monoisotopic (exact) mass is 305 g/mol. The summed E-state index contributed by atoms with van der Waals surface area (Å²) < 4.78 is 26.7. The zero-order chi connectivity index (χ0) is 12.6. The summed E-state index contributed by atoms with van der Waals surface area (Å²) in [4.78, 5) is 12.9. The molecule has 17 heavy (non-hydrogen) atoms. The molecule has 0 aliphatic carbocycles. The predicted octanol–water partition coefficient (Wildman–Crippen LogP) is 2.07. The van der Waals surface area contributed by atoms with Crippen LogP contribution in [0.15, 0.2) is 16.6 Å². The number of halogens is 3. The van der Waals surface area contributed by atoms with Crippen molar-refractivity contribution in [3.63, 3.8) is 0 Å². The van der Waals surface area contributed by atoms with Crippen LogP contribution in [0.1, 0.15) is 6.42 Å². The van der Waals surface area contributed by atoms with E-state index in [0.29, 0.717) is 0 Å². The second-order valence-electron chi connectivity index (χ2n) is 3.97. The largest absolute Gasteiger partial charge is 0.396 e. The number of carbonyl (C=O) groups excluding carboxylic acids is 1. The third-order valence-corrected chi connectivity index (χ3v) is 3.35. The van der Waals surface area contributed by atoms with Gasteiger partial charge in [0.1, 0.15) is 11.6 Å². The van der Waals surface area contributed by atoms with Gasteiger partial charge in [-0.2, -0.15) is 0 Å². The summed E-state index contributed by atoms with van der Waals surface area (Å²) in [6, 6.07) is 1.97. The Bertz CT molecular complexity index is 467. The molecule has 1 saturated heterocycles. The van der Waals surface area contributed by atoms with Crippen molar-refractivity contribution in [1.82, 2.24) is 0 Å². The fraction of sp³-hybridized carbons (Fsp3) is 0.364. The third-order valence-electron chi connectivity index (χ3n) is 2.74. The van der Waals surface area contributed by atoms with Crippen LogP contribution in [0.2, 0.25) is 0 Å². The molecule has 1 unspecified atom stereocenters. The van der Waals surface area contributed by atoms with E-state index < -0.39 is 11.6 Å². The fourth-order valence-corrected chi connectivity index (χ4v) is 2.19. The van der Waals surface area contributed by atoms with Crippen LogP contribution < -0.4 is 4.90 Å². The number of hydrogen-bond donors (Lipinski definition) is 1. The van der Waals surface area contributed by atoms with Gasteiger partial charge in [-0.25, -0.2) is 8.78 Å². The Balaban J connectivity index is 2.35. The minimum absolute atomic E-state index is 0.0409. The fourth-order valence-electron chi connectivity index (χ4n) is 1.86. The molecule has 0 spiro atoms. The molecule has 1 N–H and O–H groups in total. The Hall–Kier alpha value is -1.01. The normalized spacial score (nSPS) is 20.1. The summed E-state index contributed by atoms with van der Waals surface area (Å²) in [5.74, 6) is -1.94. The zero-order valence-corrected chi connectivity index (χ0v) is 10.4. The first-order chi connectivity index (χ1) is 8.02. The van der Waals surface area contributed by atoms with E-state index in [2.05, 4.69) is 15.9 Å². The summed E-state index contributed by atoms with van der Waals surface area (Å²) in [5.41, 5.74) is 0.0409. The minimum Gasteiger partial charge on any atom is -0.396 e. The number of aliphatic hydroxyl groups is 1. The molecule has 0 aromatic heterocycles. The van der Waals surface area contributed by atoms with Crippen LogP contribution in [0.3, 0.4) is 0 Å². The summed E-state index contributed by atoms with van der Waals surface area (Å²) in [6.07, 6.45) is 0.185. The summed E-state index contributed by atoms with van der Waals surface area (Å²) in [5, 5.41) is 8.97. The van der Waals surface area contributed by atoms with E-state index in [0.717, 1.165) is 6.07 Å². The Labute approximate surface area is 105 Å². The van der Waals surface area contributed by atoms with Crippen molar-refractivity contribution in [2.75, 3.05) is 18.1 Å². The molecule has 1 aromatic rings. The molecule has 1 heterocycles. The molecule has 1 atom stereocenters. The van der Waals surface area contributed by atoms with Crippen LogP contribution in [0.5, 0.6) is 0 Å². The number of nitrogens with zero attached hydrogens (tertiary/aromatic N) is 1. The molecule has 1 amide bonds. The van der Waals surface area contributed by atoms with Crippen LogP contribution in [0.4, 0.5) is 14.5 Å². The Morgan fingerprint density at radius 1 is 1.41 bits per heavy atom. The van der Waals surface area contributed by atoms with Crippen LogP contribution in [0, 0.1) is 17.6 Å². The lowest BCUT2D eigenvalue weighted by molar-refractivity contribution is -0.117. The van der Waals surface area contributed by atoms with Crippen LogP contribution in [-0.2, 0) is 4.79 Å². The lowest BCUT2D eigenvalue weighted by atomic mass is 10.1. The number of carbonyl (C=O) groups is 1. The molecule has 1 fully saturated rings. The van der Waals surface area contributed by atoms with Crippen molar-refractivity contribution in [3.05, 3.63) is 28.2 Å². The van der Waals surface area contributed by atoms with Crippen molar-refractivity contribution in [1.29, 1.82) is 0 Å². The first-order valence-electron chi connectivity index (χ1n) is 5.08. The van der Waals surface area contributed by atoms with Crippen molar-refractivity contribution in [2.24, 2.45) is 5.92 Å². The van der Waals surface area contributed by atoms with Crippen LogP contribution in [0.25, 0.3) is 0 Å². The maximum atomic E-state index is 13.6. The van der Waals surface area contributed by atoms with Gasteiger partial charge in [0.2, 0.25) is 5.91 Å². The van der Waals surface area contributed by atoms with E-state index in [1.54, 1.807) is 0 Å². The number of anilines is 1. The second kappa shape index (κ2) is 4.70. The highest BCUT2D eigenvalue weighted by Crippen LogP contribution is 2.31. The maximum absolute atomic E-state index is 13.6. The van der Waals surface area contributed by atoms with E-state index >= 15 is 0 Å². The standard InChI is InChI=1S/C11H10BrF2NO2/c12-7-2-10(9(14)3-8(7)13)15-4-6(5-16)1-11(15)17/h2-3,6,16H,1,4-5H2. The average molecular weight is 306 g/mol. The molecule has 3 nitrogen and oxygen atoms in total. The van der Waals surface area contributed by atoms with Crippen LogP contribution in [-0.4, -0.2) is 24.2 Å². The molecular weight excluding hydrogens is 296 g/mol. The van der Waals surface area contributed by atoms with Gasteiger partial charge >= 0.3 is 0 Å². The molecule has 92 valence electrons. The van der Waals surface area contributed by atoms with Gasteiger partial charge in [-0.3, -0.25) is 4.79 Å². The molecule has 1 aliphatic rings. The van der Waals surface area contributed by atoms with E-state index in [9.17, 15) is 13.6 Å². The first kappa shape index (κ1) is 12.4. The van der Waals surface area contributed by atoms with Gasteiger partial charge in [0.25, 0.3) is 0 Å². The number of aliphatic hydroxyl groups excluding tert-OH is 1. The third kappa shape index (κ3) is 2.32. The Kier molecular flexibility index (Phi) is 3.44. The van der Waals surface area contributed by atoms with E-state index in [-0.39, 0.29) is 41.6 Å². The number of hydrogen-bond acceptors (Lipinski definition) is 2. The van der Waals surface area contributed by atoms with Gasteiger partial charge in [-0.05, 0) is 22.0 Å². The van der Waals surface area contributed by atoms with Crippen LogP contribution >= 0.6 is 15.9 Å². The van der Waals surface area contributed by atoms with Gasteiger partial charge < -0.3 is 10.0 Å². The molecule has 0 radical (unpaired) electrons. The van der Waals surface area contributed by atoms with Gasteiger partial charge in [0.05, 0.1) is 10.2 Å². The number of rotatable bonds is 2. The van der Waals surface area contributed by atoms with E-state index in [1.807, 2.05) is 0 Å². The molecule has 0 saturated carbocycles. The first-order valence-corrected chi connectivity index (χ1v) is 5.88. The van der Waals surface area contributed by atoms with Gasteiger partial charge in [0, 0.05) is 31.6 Å². The molecule has 1 aromatic carbocycles. The number of benzene rings is 1. The van der Waals surface area contributed by atoms with E-state index in [1.165, 1.54) is 11.0 Å². The van der Waals surface area contributed by atoms with E-state index in [4.69, 9.17) is 5.11 Å². The highest BCUT2D eigenvalue weighted by Gasteiger charge is 2.31. The highest BCUT2D eigenvalue weighted by atomic mass is 79.9. The highest BCUT2D eigenvalue weighted by molar-refractivity contribution is 9.10. The molecular formula is C11H10BrF2NO2. The van der Waals surface area contributed by atoms with Gasteiger partial charge in [-0.15, -0.1) is 0 Å². The van der Waals surface area contributed by atoms with Crippen molar-refractivity contribution < 1.29 is 18.7 Å². The maximum Gasteiger partial charge on any atom is 0.227 e. The lowest BCUT2D eigenvalue weighted by Gasteiger charge is -2.17.